The van der Waals surface area contributed by atoms with Gasteiger partial charge in [0.15, 0.2) is 6.61 Å². The van der Waals surface area contributed by atoms with Gasteiger partial charge in [-0.25, -0.2) is 8.42 Å². The molecule has 8 nitrogen and oxygen atoms in total. The van der Waals surface area contributed by atoms with E-state index < -0.39 is 21.8 Å². The molecule has 166 valence electrons. The lowest BCUT2D eigenvalue weighted by molar-refractivity contribution is -0.123. The molecule has 0 saturated heterocycles. The number of amides is 2. The molecule has 1 aliphatic rings. The molecule has 0 fully saturated rings. The molecule has 0 spiro atoms. The van der Waals surface area contributed by atoms with Gasteiger partial charge in [0.05, 0.1) is 4.90 Å². The Labute approximate surface area is 182 Å². The summed E-state index contributed by atoms with van der Waals surface area (Å²) in [7, 11) is -3.69. The minimum Gasteiger partial charge on any atom is -0.484 e. The van der Waals surface area contributed by atoms with E-state index in [1.807, 2.05) is 18.2 Å². The van der Waals surface area contributed by atoms with Crippen LogP contribution in [0.2, 0.25) is 0 Å². The first-order valence-electron chi connectivity index (χ1n) is 10.3. The minimum atomic E-state index is -3.69. The number of hydrogen-bond acceptors (Lipinski definition) is 5. The molecular weight excluding hydrogens is 418 g/mol. The Kier molecular flexibility index (Phi) is 7.29. The topological polar surface area (TPSA) is 105 Å². The molecule has 2 aromatic carbocycles. The third kappa shape index (κ3) is 5.42. The minimum absolute atomic E-state index is 0.0233. The lowest BCUT2D eigenvalue weighted by Gasteiger charge is -2.18. The van der Waals surface area contributed by atoms with E-state index in [0.29, 0.717) is 18.8 Å². The van der Waals surface area contributed by atoms with E-state index in [1.165, 1.54) is 39.7 Å². The van der Waals surface area contributed by atoms with Crippen LogP contribution >= 0.6 is 0 Å². The molecule has 0 heterocycles. The van der Waals surface area contributed by atoms with E-state index in [0.717, 1.165) is 19.3 Å². The van der Waals surface area contributed by atoms with Crippen molar-refractivity contribution >= 4 is 21.8 Å². The fourth-order valence-electron chi connectivity index (χ4n) is 3.53. The fraction of sp³-hybridized carbons (Fsp3) is 0.364. The molecule has 0 radical (unpaired) electrons. The van der Waals surface area contributed by atoms with Crippen molar-refractivity contribution in [3.8, 4) is 5.75 Å². The number of benzene rings is 2. The first-order chi connectivity index (χ1) is 14.8. The van der Waals surface area contributed by atoms with Gasteiger partial charge in [0.2, 0.25) is 10.0 Å². The average molecular weight is 446 g/mol. The van der Waals surface area contributed by atoms with E-state index in [2.05, 4.69) is 10.9 Å². The predicted octanol–water partition coefficient (Wildman–Crippen LogP) is 2.05. The SMILES string of the molecule is CCN(CC)S(=O)(=O)c1cccc(C(=O)NNC(=O)COc2ccc3c(c2)CCC3)c1. The van der Waals surface area contributed by atoms with Gasteiger partial charge in [0, 0.05) is 18.7 Å². The number of aryl methyl sites for hydroxylation is 2. The highest BCUT2D eigenvalue weighted by Gasteiger charge is 2.22. The number of rotatable bonds is 8. The lowest BCUT2D eigenvalue weighted by Crippen LogP contribution is -2.43. The normalized spacial score (nSPS) is 13.0. The van der Waals surface area contributed by atoms with Gasteiger partial charge < -0.3 is 4.74 Å². The number of carbonyl (C=O) groups excluding carboxylic acids is 2. The number of carbonyl (C=O) groups is 2. The van der Waals surface area contributed by atoms with E-state index in [1.54, 1.807) is 13.8 Å². The first kappa shape index (κ1) is 22.8. The Morgan fingerprint density at radius 3 is 2.48 bits per heavy atom. The molecular formula is C22H27N3O5S. The van der Waals surface area contributed by atoms with Crippen LogP contribution in [0.1, 0.15) is 41.8 Å². The van der Waals surface area contributed by atoms with Gasteiger partial charge >= 0.3 is 0 Å². The predicted molar refractivity (Wildman–Crippen MR) is 116 cm³/mol. The number of sulfonamides is 1. The quantitative estimate of drug-likeness (QED) is 0.605. The van der Waals surface area contributed by atoms with Crippen molar-refractivity contribution in [1.29, 1.82) is 0 Å². The highest BCUT2D eigenvalue weighted by molar-refractivity contribution is 7.89. The molecule has 1 aliphatic carbocycles. The van der Waals surface area contributed by atoms with E-state index in [4.69, 9.17) is 4.74 Å². The van der Waals surface area contributed by atoms with Crippen LogP contribution in [0.25, 0.3) is 0 Å². The maximum atomic E-state index is 12.6. The molecule has 2 amide bonds. The van der Waals surface area contributed by atoms with Crippen molar-refractivity contribution in [2.75, 3.05) is 19.7 Å². The number of hydrazine groups is 1. The molecule has 9 heteroatoms. The highest BCUT2D eigenvalue weighted by atomic mass is 32.2. The summed E-state index contributed by atoms with van der Waals surface area (Å²) in [6.45, 7) is 3.90. The van der Waals surface area contributed by atoms with Crippen molar-refractivity contribution in [1.82, 2.24) is 15.2 Å². The molecule has 0 atom stereocenters. The second-order valence-corrected chi connectivity index (χ2v) is 9.13. The van der Waals surface area contributed by atoms with Gasteiger partial charge in [-0.3, -0.25) is 20.4 Å². The van der Waals surface area contributed by atoms with Crippen LogP contribution in [0.4, 0.5) is 0 Å². The first-order valence-corrected chi connectivity index (χ1v) is 11.7. The number of nitrogens with one attached hydrogen (secondary N) is 2. The van der Waals surface area contributed by atoms with Gasteiger partial charge in [-0.1, -0.05) is 26.0 Å². The summed E-state index contributed by atoms with van der Waals surface area (Å²) in [5.74, 6) is -0.542. The van der Waals surface area contributed by atoms with Gasteiger partial charge in [0.1, 0.15) is 5.75 Å². The van der Waals surface area contributed by atoms with Crippen LogP contribution in [0.5, 0.6) is 5.75 Å². The lowest BCUT2D eigenvalue weighted by atomic mass is 10.1. The van der Waals surface area contributed by atoms with Crippen molar-refractivity contribution in [3.05, 3.63) is 59.2 Å². The van der Waals surface area contributed by atoms with Gasteiger partial charge in [-0.2, -0.15) is 4.31 Å². The average Bonchev–Trinajstić information content (AvgIpc) is 3.24. The van der Waals surface area contributed by atoms with Crippen LogP contribution in [-0.4, -0.2) is 44.2 Å². The second-order valence-electron chi connectivity index (χ2n) is 7.19. The van der Waals surface area contributed by atoms with Crippen LogP contribution < -0.4 is 15.6 Å². The van der Waals surface area contributed by atoms with Crippen molar-refractivity contribution < 1.29 is 22.7 Å². The van der Waals surface area contributed by atoms with Gasteiger partial charge in [0.25, 0.3) is 11.8 Å². The van der Waals surface area contributed by atoms with Crippen molar-refractivity contribution in [2.45, 2.75) is 38.0 Å². The van der Waals surface area contributed by atoms with Crippen molar-refractivity contribution in [2.24, 2.45) is 0 Å². The van der Waals surface area contributed by atoms with Crippen LogP contribution in [0.15, 0.2) is 47.4 Å². The monoisotopic (exact) mass is 445 g/mol. The van der Waals surface area contributed by atoms with E-state index in [9.17, 15) is 18.0 Å². The third-order valence-corrected chi connectivity index (χ3v) is 7.24. The summed E-state index contributed by atoms with van der Waals surface area (Å²) < 4.78 is 32.1. The summed E-state index contributed by atoms with van der Waals surface area (Å²) in [4.78, 5) is 24.4. The largest absolute Gasteiger partial charge is 0.484 e. The molecule has 2 N–H and O–H groups in total. The Morgan fingerprint density at radius 2 is 1.74 bits per heavy atom. The van der Waals surface area contributed by atoms with Gasteiger partial charge in [-0.05, 0) is 60.7 Å². The Hall–Kier alpha value is -2.91. The molecule has 0 unspecified atom stereocenters. The number of nitrogens with zero attached hydrogens (tertiary/aromatic N) is 1. The zero-order chi connectivity index (χ0) is 22.4. The number of fused-ring (bicyclic) bond motifs is 1. The summed E-state index contributed by atoms with van der Waals surface area (Å²) in [6.07, 6.45) is 3.21. The standard InChI is InChI=1S/C22H27N3O5S/c1-3-25(4-2)31(28,29)20-10-6-9-18(14-20)22(27)24-23-21(26)15-30-19-12-11-16-7-5-8-17(16)13-19/h6,9-14H,3-5,7-8,15H2,1-2H3,(H,23,26)(H,24,27). The van der Waals surface area contributed by atoms with E-state index >= 15 is 0 Å². The Bertz CT molecular complexity index is 1060. The Balaban J connectivity index is 1.55. The fourth-order valence-corrected chi connectivity index (χ4v) is 5.04. The maximum Gasteiger partial charge on any atom is 0.276 e. The molecule has 3 rings (SSSR count). The van der Waals surface area contributed by atoms with E-state index in [-0.39, 0.29) is 17.1 Å². The molecule has 0 aliphatic heterocycles. The van der Waals surface area contributed by atoms with Crippen molar-refractivity contribution in [3.63, 3.8) is 0 Å². The highest BCUT2D eigenvalue weighted by Crippen LogP contribution is 2.25. The zero-order valence-electron chi connectivity index (χ0n) is 17.7. The third-order valence-electron chi connectivity index (χ3n) is 5.19. The van der Waals surface area contributed by atoms with Crippen LogP contribution in [-0.2, 0) is 27.7 Å². The molecule has 31 heavy (non-hydrogen) atoms. The van der Waals surface area contributed by atoms with Crippen LogP contribution in [0, 0.1) is 0 Å². The molecule has 0 saturated carbocycles. The summed E-state index contributed by atoms with van der Waals surface area (Å²) in [6, 6.07) is 11.5. The summed E-state index contributed by atoms with van der Waals surface area (Å²) in [5, 5.41) is 0. The van der Waals surface area contributed by atoms with Crippen LogP contribution in [0.3, 0.4) is 0 Å². The number of hydrogen-bond donors (Lipinski definition) is 2. The Morgan fingerprint density at radius 1 is 1.00 bits per heavy atom. The zero-order valence-corrected chi connectivity index (χ0v) is 18.5. The summed E-state index contributed by atoms with van der Waals surface area (Å²) >= 11 is 0. The molecule has 0 aromatic heterocycles. The number of ether oxygens (including phenoxy) is 1. The second kappa shape index (κ2) is 9.93. The van der Waals surface area contributed by atoms with Gasteiger partial charge in [-0.15, -0.1) is 0 Å². The smallest absolute Gasteiger partial charge is 0.276 e. The molecule has 2 aromatic rings. The molecule has 0 bridgehead atoms. The maximum absolute atomic E-state index is 12.6. The summed E-state index contributed by atoms with van der Waals surface area (Å²) in [5.41, 5.74) is 7.24.